The molecule has 0 fully saturated rings. The fourth-order valence-electron chi connectivity index (χ4n) is 5.61. The van der Waals surface area contributed by atoms with Crippen LogP contribution in [0, 0.1) is 0 Å². The monoisotopic (exact) mass is 460 g/mol. The lowest BCUT2D eigenvalue weighted by atomic mass is 9.98. The van der Waals surface area contributed by atoms with Crippen LogP contribution in [0.5, 0.6) is 0 Å². The number of para-hydroxylation sites is 4. The highest BCUT2D eigenvalue weighted by atomic mass is 16.3. The quantitative estimate of drug-likeness (QED) is 0.258. The van der Waals surface area contributed by atoms with E-state index in [-0.39, 0.29) is 0 Å². The summed E-state index contributed by atoms with van der Waals surface area (Å²) in [6, 6.07) is 42.4. The van der Waals surface area contributed by atoms with Crippen LogP contribution in [0.4, 0.5) is 0 Å². The van der Waals surface area contributed by atoms with E-state index in [1.165, 1.54) is 21.8 Å². The Bertz CT molecular complexity index is 2100. The first-order valence-electron chi connectivity index (χ1n) is 12.2. The molecule has 0 saturated carbocycles. The molecule has 8 rings (SSSR count). The Morgan fingerprint density at radius 1 is 0.556 bits per heavy atom. The minimum atomic E-state index is 0.834. The molecule has 3 heterocycles. The zero-order valence-electron chi connectivity index (χ0n) is 19.3. The third-order valence-electron chi connectivity index (χ3n) is 7.18. The van der Waals surface area contributed by atoms with Gasteiger partial charge in [0.2, 0.25) is 0 Å². The van der Waals surface area contributed by atoms with Gasteiger partial charge in [-0.15, -0.1) is 0 Å². The predicted octanol–water partition coefficient (Wildman–Crippen LogP) is 8.90. The first-order chi connectivity index (χ1) is 17.9. The predicted molar refractivity (Wildman–Crippen MR) is 149 cm³/mol. The van der Waals surface area contributed by atoms with Crippen molar-refractivity contribution < 1.29 is 4.42 Å². The van der Waals surface area contributed by atoms with Crippen molar-refractivity contribution in [2.75, 3.05) is 0 Å². The molecule has 3 nitrogen and oxygen atoms in total. The Hall–Kier alpha value is -4.89. The summed E-state index contributed by atoms with van der Waals surface area (Å²) >= 11 is 0. The highest BCUT2D eigenvalue weighted by molar-refractivity contribution is 6.17. The minimum absolute atomic E-state index is 0.834. The number of fused-ring (bicyclic) bond motifs is 7. The summed E-state index contributed by atoms with van der Waals surface area (Å²) in [7, 11) is 0. The van der Waals surface area contributed by atoms with Crippen LogP contribution < -0.4 is 0 Å². The second kappa shape index (κ2) is 7.30. The average molecular weight is 461 g/mol. The SMILES string of the molecule is c1ccc(-n2c3ccccc3c3cc(-c4c5ccccc5nc5c4oc4ccccc45)ccc32)cc1. The molecule has 0 bridgehead atoms. The van der Waals surface area contributed by atoms with E-state index in [9.17, 15) is 0 Å². The van der Waals surface area contributed by atoms with Gasteiger partial charge in [-0.05, 0) is 54.1 Å². The van der Waals surface area contributed by atoms with Gasteiger partial charge in [-0.25, -0.2) is 4.98 Å². The van der Waals surface area contributed by atoms with Gasteiger partial charge in [0.1, 0.15) is 11.1 Å². The second-order valence-corrected chi connectivity index (χ2v) is 9.20. The molecule has 3 aromatic heterocycles. The van der Waals surface area contributed by atoms with Crippen molar-refractivity contribution in [2.24, 2.45) is 0 Å². The van der Waals surface area contributed by atoms with E-state index >= 15 is 0 Å². The summed E-state index contributed by atoms with van der Waals surface area (Å²) in [4.78, 5) is 5.01. The van der Waals surface area contributed by atoms with E-state index in [2.05, 4.69) is 102 Å². The van der Waals surface area contributed by atoms with E-state index in [4.69, 9.17) is 9.40 Å². The lowest BCUT2D eigenvalue weighted by Gasteiger charge is -2.10. The molecule has 0 spiro atoms. The molecule has 0 aliphatic rings. The van der Waals surface area contributed by atoms with Crippen LogP contribution in [0.1, 0.15) is 0 Å². The van der Waals surface area contributed by atoms with Crippen molar-refractivity contribution in [3.05, 3.63) is 121 Å². The van der Waals surface area contributed by atoms with Gasteiger partial charge in [0.25, 0.3) is 0 Å². The molecule has 5 aromatic carbocycles. The Morgan fingerprint density at radius 2 is 1.25 bits per heavy atom. The largest absolute Gasteiger partial charge is 0.454 e. The summed E-state index contributed by atoms with van der Waals surface area (Å²) in [6.45, 7) is 0. The molecule has 0 amide bonds. The third-order valence-corrected chi connectivity index (χ3v) is 7.18. The summed E-state index contributed by atoms with van der Waals surface area (Å²) < 4.78 is 8.80. The Kier molecular flexibility index (Phi) is 3.94. The van der Waals surface area contributed by atoms with Crippen LogP contribution in [0.2, 0.25) is 0 Å². The molecular formula is C33H20N2O. The molecule has 0 unspecified atom stereocenters. The maximum atomic E-state index is 6.45. The summed E-state index contributed by atoms with van der Waals surface area (Å²) in [6.07, 6.45) is 0. The Balaban J connectivity index is 1.50. The number of aromatic nitrogens is 2. The first kappa shape index (κ1) is 19.4. The molecule has 8 aromatic rings. The van der Waals surface area contributed by atoms with E-state index in [0.717, 1.165) is 49.8 Å². The van der Waals surface area contributed by atoms with Crippen molar-refractivity contribution in [1.29, 1.82) is 0 Å². The minimum Gasteiger partial charge on any atom is -0.454 e. The molecule has 3 heteroatoms. The lowest BCUT2D eigenvalue weighted by molar-refractivity contribution is 0.670. The molecule has 0 N–H and O–H groups in total. The normalized spacial score (nSPS) is 11.9. The third kappa shape index (κ3) is 2.65. The van der Waals surface area contributed by atoms with Gasteiger partial charge >= 0.3 is 0 Å². The van der Waals surface area contributed by atoms with Crippen molar-refractivity contribution in [1.82, 2.24) is 9.55 Å². The van der Waals surface area contributed by atoms with E-state index in [0.29, 0.717) is 0 Å². The summed E-state index contributed by atoms with van der Waals surface area (Å²) in [5.41, 5.74) is 9.33. The van der Waals surface area contributed by atoms with Crippen molar-refractivity contribution >= 4 is 54.8 Å². The van der Waals surface area contributed by atoms with Gasteiger partial charge in [0.15, 0.2) is 5.58 Å². The Morgan fingerprint density at radius 3 is 2.14 bits per heavy atom. The average Bonchev–Trinajstić information content (AvgIpc) is 3.47. The van der Waals surface area contributed by atoms with Gasteiger partial charge in [0.05, 0.1) is 16.6 Å². The number of furan rings is 1. The highest BCUT2D eigenvalue weighted by Gasteiger charge is 2.19. The molecule has 36 heavy (non-hydrogen) atoms. The lowest BCUT2D eigenvalue weighted by Crippen LogP contribution is -1.93. The number of hydrogen-bond donors (Lipinski definition) is 0. The smallest absolute Gasteiger partial charge is 0.162 e. The van der Waals surface area contributed by atoms with E-state index in [1.54, 1.807) is 0 Å². The maximum absolute atomic E-state index is 6.45. The molecule has 0 aliphatic carbocycles. The number of hydrogen-bond acceptors (Lipinski definition) is 2. The summed E-state index contributed by atoms with van der Waals surface area (Å²) in [5.74, 6) is 0. The molecule has 0 radical (unpaired) electrons. The van der Waals surface area contributed by atoms with Crippen LogP contribution in [-0.4, -0.2) is 9.55 Å². The van der Waals surface area contributed by atoms with Crippen LogP contribution >= 0.6 is 0 Å². The van der Waals surface area contributed by atoms with Crippen LogP contribution in [0.15, 0.2) is 126 Å². The molecule has 0 saturated heterocycles. The molecular weight excluding hydrogens is 440 g/mol. The fourth-order valence-corrected chi connectivity index (χ4v) is 5.61. The van der Waals surface area contributed by atoms with Crippen LogP contribution in [-0.2, 0) is 0 Å². The molecule has 168 valence electrons. The number of benzene rings is 5. The van der Waals surface area contributed by atoms with Crippen molar-refractivity contribution in [2.45, 2.75) is 0 Å². The topological polar surface area (TPSA) is 31.0 Å². The Labute approximate surface area is 206 Å². The second-order valence-electron chi connectivity index (χ2n) is 9.20. The van der Waals surface area contributed by atoms with Gasteiger partial charge in [0, 0.05) is 32.8 Å². The van der Waals surface area contributed by atoms with Crippen molar-refractivity contribution in [3.63, 3.8) is 0 Å². The van der Waals surface area contributed by atoms with Crippen LogP contribution in [0.25, 0.3) is 71.6 Å². The standard InChI is InChI=1S/C33H20N2O/c1-2-10-22(11-3-1)35-28-16-8-5-12-23(28)26-20-21(18-19-29(26)35)31-24-13-4-7-15-27(24)34-32-25-14-6-9-17-30(25)36-33(31)32/h1-20H. The van der Waals surface area contributed by atoms with E-state index < -0.39 is 0 Å². The summed E-state index contributed by atoms with van der Waals surface area (Å²) in [5, 5.41) is 4.59. The molecule has 0 aliphatic heterocycles. The number of nitrogens with zero attached hydrogens (tertiary/aromatic N) is 2. The van der Waals surface area contributed by atoms with Gasteiger partial charge in [-0.2, -0.15) is 0 Å². The zero-order valence-corrected chi connectivity index (χ0v) is 19.3. The highest BCUT2D eigenvalue weighted by Crippen LogP contribution is 2.41. The van der Waals surface area contributed by atoms with Crippen molar-refractivity contribution in [3.8, 4) is 16.8 Å². The zero-order chi connectivity index (χ0) is 23.6. The van der Waals surface area contributed by atoms with E-state index in [1.807, 2.05) is 24.3 Å². The molecule has 0 atom stereocenters. The van der Waals surface area contributed by atoms with Gasteiger partial charge < -0.3 is 8.98 Å². The number of rotatable bonds is 2. The van der Waals surface area contributed by atoms with Crippen LogP contribution in [0.3, 0.4) is 0 Å². The fraction of sp³-hybridized carbons (Fsp3) is 0. The van der Waals surface area contributed by atoms with Gasteiger partial charge in [-0.1, -0.05) is 72.8 Å². The number of pyridine rings is 1. The van der Waals surface area contributed by atoms with Gasteiger partial charge in [-0.3, -0.25) is 0 Å². The first-order valence-corrected chi connectivity index (χ1v) is 12.2. The maximum Gasteiger partial charge on any atom is 0.162 e.